The average molecular weight is 154 g/mol. The summed E-state index contributed by atoms with van der Waals surface area (Å²) in [5, 5.41) is 0. The van der Waals surface area contributed by atoms with E-state index in [-0.39, 0.29) is 0 Å². The monoisotopic (exact) mass is 154 g/mol. The SMILES string of the molecule is CCCCCC1C(C)C1(C)C. The lowest BCUT2D eigenvalue weighted by molar-refractivity contribution is 0.505. The topological polar surface area (TPSA) is 0 Å². The third kappa shape index (κ3) is 1.77. The predicted molar refractivity (Wildman–Crippen MR) is 50.6 cm³/mol. The third-order valence-corrected chi connectivity index (χ3v) is 3.74. The van der Waals surface area contributed by atoms with Crippen LogP contribution in [0.1, 0.15) is 53.4 Å². The number of hydrogen-bond donors (Lipinski definition) is 0. The van der Waals surface area contributed by atoms with Crippen molar-refractivity contribution < 1.29 is 0 Å². The van der Waals surface area contributed by atoms with Gasteiger partial charge in [-0.3, -0.25) is 0 Å². The van der Waals surface area contributed by atoms with Gasteiger partial charge >= 0.3 is 0 Å². The molecule has 1 saturated carbocycles. The van der Waals surface area contributed by atoms with E-state index in [9.17, 15) is 0 Å². The van der Waals surface area contributed by atoms with Crippen molar-refractivity contribution in [1.29, 1.82) is 0 Å². The van der Waals surface area contributed by atoms with Gasteiger partial charge in [-0.1, -0.05) is 47.0 Å². The van der Waals surface area contributed by atoms with Crippen molar-refractivity contribution >= 4 is 0 Å². The third-order valence-electron chi connectivity index (χ3n) is 3.74. The van der Waals surface area contributed by atoms with E-state index in [1.54, 1.807) is 0 Å². The van der Waals surface area contributed by atoms with Crippen LogP contribution in [0, 0.1) is 17.3 Å². The van der Waals surface area contributed by atoms with Crippen LogP contribution >= 0.6 is 0 Å². The summed E-state index contributed by atoms with van der Waals surface area (Å²) in [6.45, 7) is 9.50. The van der Waals surface area contributed by atoms with Gasteiger partial charge in [0.2, 0.25) is 0 Å². The fourth-order valence-corrected chi connectivity index (χ4v) is 2.25. The first-order chi connectivity index (χ1) is 5.10. The first-order valence-electron chi connectivity index (χ1n) is 5.10. The zero-order chi connectivity index (χ0) is 8.48. The lowest BCUT2D eigenvalue weighted by Crippen LogP contribution is -1.90. The van der Waals surface area contributed by atoms with Crippen molar-refractivity contribution in [2.45, 2.75) is 53.4 Å². The summed E-state index contributed by atoms with van der Waals surface area (Å²) >= 11 is 0. The van der Waals surface area contributed by atoms with E-state index in [2.05, 4.69) is 27.7 Å². The van der Waals surface area contributed by atoms with E-state index < -0.39 is 0 Å². The number of unbranched alkanes of at least 4 members (excludes halogenated alkanes) is 2. The quantitative estimate of drug-likeness (QED) is 0.539. The van der Waals surface area contributed by atoms with E-state index in [1.165, 1.54) is 25.7 Å². The minimum absolute atomic E-state index is 0.674. The van der Waals surface area contributed by atoms with Crippen molar-refractivity contribution in [1.82, 2.24) is 0 Å². The predicted octanol–water partition coefficient (Wildman–Crippen LogP) is 3.86. The molecule has 0 nitrogen and oxygen atoms in total. The maximum absolute atomic E-state index is 2.41. The molecule has 2 unspecified atom stereocenters. The second kappa shape index (κ2) is 3.16. The van der Waals surface area contributed by atoms with Gasteiger partial charge in [-0.2, -0.15) is 0 Å². The van der Waals surface area contributed by atoms with Gasteiger partial charge < -0.3 is 0 Å². The van der Waals surface area contributed by atoms with Crippen LogP contribution in [-0.2, 0) is 0 Å². The maximum atomic E-state index is 2.41. The van der Waals surface area contributed by atoms with Crippen molar-refractivity contribution in [3.63, 3.8) is 0 Å². The molecule has 0 aliphatic heterocycles. The zero-order valence-electron chi connectivity index (χ0n) is 8.48. The molecule has 0 heterocycles. The molecule has 0 saturated heterocycles. The smallest absolute Gasteiger partial charge is 0.0295 e. The summed E-state index contributed by atoms with van der Waals surface area (Å²) in [5.41, 5.74) is 0.674. The molecule has 0 spiro atoms. The minimum atomic E-state index is 0.674. The molecular weight excluding hydrogens is 132 g/mol. The number of rotatable bonds is 4. The Morgan fingerprint density at radius 1 is 1.18 bits per heavy atom. The Hall–Kier alpha value is 0. The standard InChI is InChI=1S/C11H22/c1-5-6-7-8-10-9(2)11(10,3)4/h9-10H,5-8H2,1-4H3. The normalized spacial score (nSPS) is 33.8. The van der Waals surface area contributed by atoms with Crippen LogP contribution < -0.4 is 0 Å². The van der Waals surface area contributed by atoms with E-state index >= 15 is 0 Å². The highest BCUT2D eigenvalue weighted by Gasteiger charge is 2.53. The molecule has 0 radical (unpaired) electrons. The van der Waals surface area contributed by atoms with Crippen LogP contribution in [-0.4, -0.2) is 0 Å². The molecule has 0 amide bonds. The molecule has 0 bridgehead atoms. The first-order valence-corrected chi connectivity index (χ1v) is 5.10. The van der Waals surface area contributed by atoms with Crippen LogP contribution in [0.3, 0.4) is 0 Å². The number of hydrogen-bond acceptors (Lipinski definition) is 0. The lowest BCUT2D eigenvalue weighted by Gasteiger charge is -2.01. The van der Waals surface area contributed by atoms with Crippen molar-refractivity contribution in [3.8, 4) is 0 Å². The van der Waals surface area contributed by atoms with E-state index in [4.69, 9.17) is 0 Å². The Bertz CT molecular complexity index is 124. The van der Waals surface area contributed by atoms with Gasteiger partial charge in [-0.05, 0) is 23.7 Å². The maximum Gasteiger partial charge on any atom is -0.0295 e. The molecule has 11 heavy (non-hydrogen) atoms. The van der Waals surface area contributed by atoms with E-state index in [0.717, 1.165) is 11.8 Å². The summed E-state index contributed by atoms with van der Waals surface area (Å²) in [6, 6.07) is 0. The fraction of sp³-hybridized carbons (Fsp3) is 1.00. The Labute approximate surface area is 71.4 Å². The Balaban J connectivity index is 2.11. The molecule has 1 rings (SSSR count). The molecule has 1 aliphatic rings. The lowest BCUT2D eigenvalue weighted by atomic mass is 10.0. The van der Waals surface area contributed by atoms with Gasteiger partial charge in [0.15, 0.2) is 0 Å². The van der Waals surface area contributed by atoms with Gasteiger partial charge in [0.25, 0.3) is 0 Å². The van der Waals surface area contributed by atoms with E-state index in [0.29, 0.717) is 5.41 Å². The largest absolute Gasteiger partial charge is 0.0654 e. The van der Waals surface area contributed by atoms with Crippen LogP contribution in [0.4, 0.5) is 0 Å². The summed E-state index contributed by atoms with van der Waals surface area (Å²) < 4.78 is 0. The van der Waals surface area contributed by atoms with Gasteiger partial charge in [-0.25, -0.2) is 0 Å². The van der Waals surface area contributed by atoms with Crippen LogP contribution in [0.5, 0.6) is 0 Å². The van der Waals surface area contributed by atoms with Crippen molar-refractivity contribution in [3.05, 3.63) is 0 Å². The van der Waals surface area contributed by atoms with Crippen molar-refractivity contribution in [2.24, 2.45) is 17.3 Å². The Morgan fingerprint density at radius 2 is 1.73 bits per heavy atom. The molecule has 0 N–H and O–H groups in total. The molecule has 0 aromatic rings. The van der Waals surface area contributed by atoms with Gasteiger partial charge in [-0.15, -0.1) is 0 Å². The highest BCUT2D eigenvalue weighted by atomic mass is 14.6. The van der Waals surface area contributed by atoms with Crippen molar-refractivity contribution in [2.75, 3.05) is 0 Å². The van der Waals surface area contributed by atoms with Crippen LogP contribution in [0.15, 0.2) is 0 Å². The molecule has 1 fully saturated rings. The zero-order valence-corrected chi connectivity index (χ0v) is 8.48. The summed E-state index contributed by atoms with van der Waals surface area (Å²) in [7, 11) is 0. The highest BCUT2D eigenvalue weighted by Crippen LogP contribution is 2.60. The van der Waals surface area contributed by atoms with E-state index in [1.807, 2.05) is 0 Å². The Morgan fingerprint density at radius 3 is 2.09 bits per heavy atom. The second-order valence-electron chi connectivity index (χ2n) is 4.71. The van der Waals surface area contributed by atoms with Gasteiger partial charge in [0.05, 0.1) is 0 Å². The molecule has 0 aromatic heterocycles. The molecule has 0 aromatic carbocycles. The highest BCUT2D eigenvalue weighted by molar-refractivity contribution is 5.01. The summed E-state index contributed by atoms with van der Waals surface area (Å²) in [4.78, 5) is 0. The van der Waals surface area contributed by atoms with Gasteiger partial charge in [0.1, 0.15) is 0 Å². The van der Waals surface area contributed by atoms with Gasteiger partial charge in [0, 0.05) is 0 Å². The molecule has 2 atom stereocenters. The Kier molecular flexibility index (Phi) is 2.61. The minimum Gasteiger partial charge on any atom is -0.0654 e. The fourth-order valence-electron chi connectivity index (χ4n) is 2.25. The molecule has 66 valence electrons. The van der Waals surface area contributed by atoms with Crippen LogP contribution in [0.2, 0.25) is 0 Å². The van der Waals surface area contributed by atoms with Crippen LogP contribution in [0.25, 0.3) is 0 Å². The second-order valence-corrected chi connectivity index (χ2v) is 4.71. The average Bonchev–Trinajstić information content (AvgIpc) is 2.39. The summed E-state index contributed by atoms with van der Waals surface area (Å²) in [6.07, 6.45) is 5.72. The molecule has 0 heteroatoms. The molecule has 1 aliphatic carbocycles. The first kappa shape index (κ1) is 9.09. The molecular formula is C11H22. The summed E-state index contributed by atoms with van der Waals surface area (Å²) in [5.74, 6) is 2.02.